The van der Waals surface area contributed by atoms with Gasteiger partial charge >= 0.3 is 6.36 Å². The van der Waals surface area contributed by atoms with Gasteiger partial charge < -0.3 is 14.6 Å². The number of nitrogens with zero attached hydrogens (tertiary/aromatic N) is 3. The lowest BCUT2D eigenvalue weighted by Gasteiger charge is -2.13. The highest BCUT2D eigenvalue weighted by Crippen LogP contribution is 2.27. The predicted molar refractivity (Wildman–Crippen MR) is 102 cm³/mol. The van der Waals surface area contributed by atoms with E-state index in [9.17, 15) is 22.4 Å². The van der Waals surface area contributed by atoms with Crippen LogP contribution in [0.1, 0.15) is 5.56 Å². The van der Waals surface area contributed by atoms with Crippen molar-refractivity contribution in [3.63, 3.8) is 0 Å². The average molecular weight is 440 g/mol. The van der Waals surface area contributed by atoms with Crippen LogP contribution in [-0.2, 0) is 18.4 Å². The number of para-hydroxylation sites is 1. The van der Waals surface area contributed by atoms with Crippen LogP contribution >= 0.6 is 11.8 Å². The van der Waals surface area contributed by atoms with Gasteiger partial charge in [0.15, 0.2) is 11.0 Å². The van der Waals surface area contributed by atoms with Crippen molar-refractivity contribution in [1.82, 2.24) is 20.1 Å². The summed E-state index contributed by atoms with van der Waals surface area (Å²) in [6.07, 6.45) is -4.82. The van der Waals surface area contributed by atoms with Crippen molar-refractivity contribution in [2.45, 2.75) is 18.1 Å². The summed E-state index contributed by atoms with van der Waals surface area (Å²) in [6.45, 7) is -0.134. The topological polar surface area (TPSA) is 69.0 Å². The second kappa shape index (κ2) is 9.16. The van der Waals surface area contributed by atoms with Gasteiger partial charge in [0.1, 0.15) is 11.6 Å². The molecule has 1 N–H and O–H groups in total. The van der Waals surface area contributed by atoms with Gasteiger partial charge in [-0.3, -0.25) is 4.79 Å². The zero-order chi connectivity index (χ0) is 21.7. The van der Waals surface area contributed by atoms with Crippen LogP contribution in [0.2, 0.25) is 0 Å². The van der Waals surface area contributed by atoms with E-state index in [1.807, 2.05) is 0 Å². The molecule has 0 aliphatic heterocycles. The Kier molecular flexibility index (Phi) is 6.60. The van der Waals surface area contributed by atoms with Gasteiger partial charge in [0, 0.05) is 19.2 Å². The van der Waals surface area contributed by atoms with Crippen molar-refractivity contribution in [3.05, 3.63) is 59.9 Å². The van der Waals surface area contributed by atoms with Gasteiger partial charge in [-0.05, 0) is 18.2 Å². The van der Waals surface area contributed by atoms with Crippen LogP contribution in [0.3, 0.4) is 0 Å². The van der Waals surface area contributed by atoms with Gasteiger partial charge in [-0.25, -0.2) is 4.39 Å². The molecule has 1 heterocycles. The molecular formula is C19H16F4N4O2S. The summed E-state index contributed by atoms with van der Waals surface area (Å²) in [5.41, 5.74) is 0.471. The van der Waals surface area contributed by atoms with Crippen molar-refractivity contribution in [3.8, 4) is 17.1 Å². The van der Waals surface area contributed by atoms with Gasteiger partial charge in [-0.2, -0.15) is 0 Å². The molecule has 158 valence electrons. The number of ether oxygens (including phenoxy) is 1. The summed E-state index contributed by atoms with van der Waals surface area (Å²) in [5.74, 6) is -0.972. The molecule has 2 aromatic carbocycles. The Bertz CT molecular complexity index is 1040. The van der Waals surface area contributed by atoms with Crippen LogP contribution in [0, 0.1) is 5.82 Å². The minimum atomic E-state index is -4.82. The van der Waals surface area contributed by atoms with E-state index in [2.05, 4.69) is 20.3 Å². The maximum atomic E-state index is 13.9. The quantitative estimate of drug-likeness (QED) is 0.446. The Morgan fingerprint density at radius 3 is 2.57 bits per heavy atom. The molecule has 11 heteroatoms. The van der Waals surface area contributed by atoms with Crippen LogP contribution in [0.15, 0.2) is 53.7 Å². The number of rotatable bonds is 7. The van der Waals surface area contributed by atoms with Crippen LogP contribution in [-0.4, -0.2) is 32.8 Å². The Morgan fingerprint density at radius 2 is 1.83 bits per heavy atom. The van der Waals surface area contributed by atoms with Crippen molar-refractivity contribution >= 4 is 17.7 Å². The number of carbonyl (C=O) groups is 1. The highest BCUT2D eigenvalue weighted by molar-refractivity contribution is 7.99. The number of benzene rings is 2. The fraction of sp³-hybridized carbons (Fsp3) is 0.211. The Morgan fingerprint density at radius 1 is 1.13 bits per heavy atom. The molecule has 30 heavy (non-hydrogen) atoms. The zero-order valence-electron chi connectivity index (χ0n) is 15.6. The van der Waals surface area contributed by atoms with E-state index in [0.29, 0.717) is 11.0 Å². The molecule has 0 radical (unpaired) electrons. The molecule has 3 rings (SSSR count). The highest BCUT2D eigenvalue weighted by Gasteiger charge is 2.32. The van der Waals surface area contributed by atoms with Gasteiger partial charge in [-0.1, -0.05) is 42.1 Å². The van der Waals surface area contributed by atoms with E-state index in [-0.39, 0.29) is 29.2 Å². The molecule has 0 atom stereocenters. The van der Waals surface area contributed by atoms with Crippen LogP contribution < -0.4 is 10.1 Å². The molecule has 6 nitrogen and oxygen atoms in total. The second-order valence-corrected chi connectivity index (χ2v) is 7.01. The second-order valence-electron chi connectivity index (χ2n) is 6.07. The van der Waals surface area contributed by atoms with E-state index >= 15 is 0 Å². The maximum absolute atomic E-state index is 13.9. The van der Waals surface area contributed by atoms with Gasteiger partial charge in [-0.15, -0.1) is 23.4 Å². The number of carbonyl (C=O) groups excluding carboxylic acids is 1. The third kappa shape index (κ3) is 5.50. The third-order valence-corrected chi connectivity index (χ3v) is 4.98. The molecule has 3 aromatic rings. The number of thioether (sulfide) groups is 1. The number of halogens is 4. The summed E-state index contributed by atoms with van der Waals surface area (Å²) in [5, 5.41) is 10.9. The van der Waals surface area contributed by atoms with Crippen molar-refractivity contribution < 1.29 is 27.1 Å². The lowest BCUT2D eigenvalue weighted by atomic mass is 10.2. The summed E-state index contributed by atoms with van der Waals surface area (Å²) < 4.78 is 56.9. The van der Waals surface area contributed by atoms with E-state index < -0.39 is 18.1 Å². The first-order valence-electron chi connectivity index (χ1n) is 8.62. The normalized spacial score (nSPS) is 11.4. The average Bonchev–Trinajstić information content (AvgIpc) is 3.05. The first kappa shape index (κ1) is 21.6. The summed E-state index contributed by atoms with van der Waals surface area (Å²) in [4.78, 5) is 12.1. The molecule has 0 fully saturated rings. The fourth-order valence-electron chi connectivity index (χ4n) is 2.57. The summed E-state index contributed by atoms with van der Waals surface area (Å²) >= 11 is 1.07. The molecular weight excluding hydrogens is 424 g/mol. The first-order chi connectivity index (χ1) is 14.2. The summed E-state index contributed by atoms with van der Waals surface area (Å²) in [6, 6.07) is 11.7. The van der Waals surface area contributed by atoms with E-state index in [4.69, 9.17) is 0 Å². The molecule has 0 unspecified atom stereocenters. The molecule has 1 amide bonds. The largest absolute Gasteiger partial charge is 0.573 e. The number of hydrogen-bond donors (Lipinski definition) is 1. The van der Waals surface area contributed by atoms with Gasteiger partial charge in [0.05, 0.1) is 11.3 Å². The highest BCUT2D eigenvalue weighted by atomic mass is 32.2. The van der Waals surface area contributed by atoms with E-state index in [1.54, 1.807) is 35.9 Å². The van der Waals surface area contributed by atoms with Crippen LogP contribution in [0.5, 0.6) is 5.75 Å². The van der Waals surface area contributed by atoms with Crippen molar-refractivity contribution in [2.75, 3.05) is 5.75 Å². The SMILES string of the molecule is Cn1c(SCC(=O)NCc2ccccc2OC(F)(F)F)nnc1-c1ccccc1F. The Balaban J connectivity index is 1.58. The predicted octanol–water partition coefficient (Wildman–Crippen LogP) is 3.93. The maximum Gasteiger partial charge on any atom is 0.573 e. The van der Waals surface area contributed by atoms with Gasteiger partial charge in [0.2, 0.25) is 5.91 Å². The number of alkyl halides is 3. The zero-order valence-corrected chi connectivity index (χ0v) is 16.4. The lowest BCUT2D eigenvalue weighted by molar-refractivity contribution is -0.274. The molecule has 0 aliphatic rings. The molecule has 0 bridgehead atoms. The number of amides is 1. The standard InChI is InChI=1S/C19H16F4N4O2S/c1-27-17(13-7-3-4-8-14(13)20)25-26-18(27)30-11-16(28)24-10-12-6-2-5-9-15(12)29-19(21,22)23/h2-9H,10-11H2,1H3,(H,24,28). The van der Waals surface area contributed by atoms with Crippen molar-refractivity contribution in [1.29, 1.82) is 0 Å². The fourth-order valence-corrected chi connectivity index (χ4v) is 3.31. The lowest BCUT2D eigenvalue weighted by Crippen LogP contribution is -2.26. The minimum Gasteiger partial charge on any atom is -0.405 e. The van der Waals surface area contributed by atoms with E-state index in [1.165, 1.54) is 24.3 Å². The van der Waals surface area contributed by atoms with Crippen LogP contribution in [0.4, 0.5) is 17.6 Å². The molecule has 0 spiro atoms. The summed E-state index contributed by atoms with van der Waals surface area (Å²) in [7, 11) is 1.65. The van der Waals surface area contributed by atoms with Crippen LogP contribution in [0.25, 0.3) is 11.4 Å². The Labute approximate surface area is 173 Å². The number of nitrogens with one attached hydrogen (secondary N) is 1. The number of aromatic nitrogens is 3. The van der Waals surface area contributed by atoms with Gasteiger partial charge in [0.25, 0.3) is 0 Å². The minimum absolute atomic E-state index is 0.0501. The smallest absolute Gasteiger partial charge is 0.405 e. The Hall–Kier alpha value is -3.08. The molecule has 1 aromatic heterocycles. The first-order valence-corrected chi connectivity index (χ1v) is 9.60. The monoisotopic (exact) mass is 440 g/mol. The number of hydrogen-bond acceptors (Lipinski definition) is 5. The van der Waals surface area contributed by atoms with Crippen molar-refractivity contribution in [2.24, 2.45) is 7.05 Å². The van der Waals surface area contributed by atoms with E-state index in [0.717, 1.165) is 11.8 Å². The molecule has 0 saturated carbocycles. The third-order valence-electron chi connectivity index (χ3n) is 3.96. The molecule has 0 saturated heterocycles. The molecule has 0 aliphatic carbocycles.